The molecule has 0 amide bonds. The number of likely N-dealkylation sites (N-methyl/N-ethyl adjacent to an activating group) is 1. The summed E-state index contributed by atoms with van der Waals surface area (Å²) < 4.78 is 0. The van der Waals surface area contributed by atoms with Gasteiger partial charge in [-0.3, -0.25) is 4.90 Å². The summed E-state index contributed by atoms with van der Waals surface area (Å²) in [5.74, 6) is 0.276. The molecule has 0 fully saturated rings. The number of oxime groups is 1. The van der Waals surface area contributed by atoms with E-state index < -0.39 is 0 Å². The quantitative estimate of drug-likeness (QED) is 0.207. The Labute approximate surface area is 80.4 Å². The summed E-state index contributed by atoms with van der Waals surface area (Å²) in [4.78, 5) is 2.06. The highest BCUT2D eigenvalue weighted by molar-refractivity contribution is 5.81. The Morgan fingerprint density at radius 1 is 1.38 bits per heavy atom. The number of hydrogen-bond donors (Lipinski definition) is 2. The zero-order valence-corrected chi connectivity index (χ0v) is 8.66. The third-order valence-electron chi connectivity index (χ3n) is 1.95. The highest BCUT2D eigenvalue weighted by Gasteiger charge is 2.00. The average Bonchev–Trinajstić information content (AvgIpc) is 2.12. The SMILES string of the molecule is CCCCCCN(C)CC(N)=NO. The first kappa shape index (κ1) is 12.2. The molecule has 0 bridgehead atoms. The lowest BCUT2D eigenvalue weighted by Gasteiger charge is -2.14. The molecule has 0 atom stereocenters. The van der Waals surface area contributed by atoms with Crippen molar-refractivity contribution < 1.29 is 5.21 Å². The van der Waals surface area contributed by atoms with Crippen LogP contribution in [0, 0.1) is 0 Å². The molecule has 0 heterocycles. The van der Waals surface area contributed by atoms with Gasteiger partial charge < -0.3 is 10.9 Å². The second kappa shape index (κ2) is 7.86. The van der Waals surface area contributed by atoms with E-state index in [1.807, 2.05) is 7.05 Å². The highest BCUT2D eigenvalue weighted by Crippen LogP contribution is 1.99. The number of amidine groups is 1. The van der Waals surface area contributed by atoms with Gasteiger partial charge in [-0.05, 0) is 20.0 Å². The predicted octanol–water partition coefficient (Wildman–Crippen LogP) is 1.24. The van der Waals surface area contributed by atoms with Gasteiger partial charge in [-0.25, -0.2) is 0 Å². The Bertz CT molecular complexity index is 148. The Morgan fingerprint density at radius 2 is 2.08 bits per heavy atom. The molecular formula is C9H21N3O. The van der Waals surface area contributed by atoms with Crippen LogP contribution in [-0.4, -0.2) is 36.1 Å². The zero-order valence-electron chi connectivity index (χ0n) is 8.66. The maximum absolute atomic E-state index is 8.33. The first-order valence-corrected chi connectivity index (χ1v) is 4.85. The first-order chi connectivity index (χ1) is 6.20. The Morgan fingerprint density at radius 3 is 2.62 bits per heavy atom. The van der Waals surface area contributed by atoms with Crippen molar-refractivity contribution in [1.82, 2.24) is 4.90 Å². The molecule has 4 heteroatoms. The molecule has 0 aromatic heterocycles. The lowest BCUT2D eigenvalue weighted by molar-refractivity contribution is 0.308. The number of unbranched alkanes of at least 4 members (excludes halogenated alkanes) is 3. The van der Waals surface area contributed by atoms with Crippen LogP contribution in [-0.2, 0) is 0 Å². The molecule has 0 radical (unpaired) electrons. The number of nitrogens with zero attached hydrogens (tertiary/aromatic N) is 2. The highest BCUT2D eigenvalue weighted by atomic mass is 16.4. The summed E-state index contributed by atoms with van der Waals surface area (Å²) in [6, 6.07) is 0. The van der Waals surface area contributed by atoms with Crippen LogP contribution in [0.15, 0.2) is 5.16 Å². The largest absolute Gasteiger partial charge is 0.409 e. The maximum Gasteiger partial charge on any atom is 0.153 e. The van der Waals surface area contributed by atoms with E-state index in [1.54, 1.807) is 0 Å². The van der Waals surface area contributed by atoms with Crippen molar-refractivity contribution in [2.75, 3.05) is 20.1 Å². The third-order valence-corrected chi connectivity index (χ3v) is 1.95. The summed E-state index contributed by atoms with van der Waals surface area (Å²) in [5.41, 5.74) is 5.36. The number of nitrogens with two attached hydrogens (primary N) is 1. The van der Waals surface area contributed by atoms with Crippen LogP contribution in [0.4, 0.5) is 0 Å². The van der Waals surface area contributed by atoms with Crippen molar-refractivity contribution in [1.29, 1.82) is 0 Å². The Hall–Kier alpha value is -0.770. The molecule has 0 aliphatic heterocycles. The van der Waals surface area contributed by atoms with Crippen molar-refractivity contribution in [2.24, 2.45) is 10.9 Å². The van der Waals surface area contributed by atoms with Crippen molar-refractivity contribution in [2.45, 2.75) is 32.6 Å². The third kappa shape index (κ3) is 7.59. The molecule has 4 nitrogen and oxygen atoms in total. The van der Waals surface area contributed by atoms with E-state index >= 15 is 0 Å². The molecule has 0 saturated heterocycles. The average molecular weight is 187 g/mol. The molecule has 0 rings (SSSR count). The molecule has 0 saturated carbocycles. The fraction of sp³-hybridized carbons (Fsp3) is 0.889. The van der Waals surface area contributed by atoms with Gasteiger partial charge in [-0.2, -0.15) is 0 Å². The smallest absolute Gasteiger partial charge is 0.153 e. The molecule has 3 N–H and O–H groups in total. The second-order valence-electron chi connectivity index (χ2n) is 3.39. The molecule has 0 aromatic rings. The monoisotopic (exact) mass is 187 g/mol. The van der Waals surface area contributed by atoms with Crippen LogP contribution in [0.1, 0.15) is 32.6 Å². The van der Waals surface area contributed by atoms with Crippen LogP contribution in [0.5, 0.6) is 0 Å². The molecule has 0 unspecified atom stereocenters. The van der Waals surface area contributed by atoms with Crippen molar-refractivity contribution in [3.63, 3.8) is 0 Å². The first-order valence-electron chi connectivity index (χ1n) is 4.85. The summed E-state index contributed by atoms with van der Waals surface area (Å²) in [6.07, 6.45) is 4.99. The van der Waals surface area contributed by atoms with Crippen LogP contribution >= 0.6 is 0 Å². The van der Waals surface area contributed by atoms with E-state index in [0.29, 0.717) is 6.54 Å². The molecule has 78 valence electrons. The Kier molecular flexibility index (Phi) is 7.39. The van der Waals surface area contributed by atoms with Gasteiger partial charge in [-0.1, -0.05) is 31.3 Å². The predicted molar refractivity (Wildman–Crippen MR) is 55.0 cm³/mol. The molecule has 0 aliphatic carbocycles. The van der Waals surface area contributed by atoms with E-state index in [-0.39, 0.29) is 5.84 Å². The topological polar surface area (TPSA) is 61.8 Å². The van der Waals surface area contributed by atoms with Gasteiger partial charge in [0.2, 0.25) is 0 Å². The van der Waals surface area contributed by atoms with E-state index in [0.717, 1.165) is 6.54 Å². The molecule has 0 aliphatic rings. The molecular weight excluding hydrogens is 166 g/mol. The van der Waals surface area contributed by atoms with Gasteiger partial charge in [0.25, 0.3) is 0 Å². The normalized spacial score (nSPS) is 12.4. The van der Waals surface area contributed by atoms with E-state index in [2.05, 4.69) is 17.0 Å². The minimum Gasteiger partial charge on any atom is -0.409 e. The van der Waals surface area contributed by atoms with Gasteiger partial charge in [-0.15, -0.1) is 0 Å². The molecule has 0 aromatic carbocycles. The Balaban J connectivity index is 3.35. The molecule has 13 heavy (non-hydrogen) atoms. The minimum atomic E-state index is 0.276. The van der Waals surface area contributed by atoms with Crippen LogP contribution in [0.2, 0.25) is 0 Å². The lowest BCUT2D eigenvalue weighted by Crippen LogP contribution is -2.31. The van der Waals surface area contributed by atoms with Crippen molar-refractivity contribution in [3.8, 4) is 0 Å². The molecule has 0 spiro atoms. The fourth-order valence-corrected chi connectivity index (χ4v) is 1.20. The van der Waals surface area contributed by atoms with E-state index in [4.69, 9.17) is 10.9 Å². The number of hydrogen-bond acceptors (Lipinski definition) is 3. The van der Waals surface area contributed by atoms with Gasteiger partial charge in [0.05, 0.1) is 6.54 Å². The van der Waals surface area contributed by atoms with Gasteiger partial charge in [0.1, 0.15) is 0 Å². The fourth-order valence-electron chi connectivity index (χ4n) is 1.20. The summed E-state index contributed by atoms with van der Waals surface area (Å²) >= 11 is 0. The van der Waals surface area contributed by atoms with Gasteiger partial charge >= 0.3 is 0 Å². The van der Waals surface area contributed by atoms with E-state index in [9.17, 15) is 0 Å². The van der Waals surface area contributed by atoms with Crippen LogP contribution < -0.4 is 5.73 Å². The van der Waals surface area contributed by atoms with E-state index in [1.165, 1.54) is 25.7 Å². The zero-order chi connectivity index (χ0) is 10.1. The van der Waals surface area contributed by atoms with Crippen LogP contribution in [0.3, 0.4) is 0 Å². The van der Waals surface area contributed by atoms with Gasteiger partial charge in [0, 0.05) is 0 Å². The minimum absolute atomic E-state index is 0.276. The number of rotatable bonds is 7. The summed E-state index contributed by atoms with van der Waals surface area (Å²) in [7, 11) is 1.98. The summed E-state index contributed by atoms with van der Waals surface area (Å²) in [6.45, 7) is 3.75. The standard InChI is InChI=1S/C9H21N3O/c1-3-4-5-6-7-12(2)8-9(10)11-13/h13H,3-8H2,1-2H3,(H2,10,11). The van der Waals surface area contributed by atoms with Gasteiger partial charge in [0.15, 0.2) is 5.84 Å². The lowest BCUT2D eigenvalue weighted by atomic mass is 10.2. The van der Waals surface area contributed by atoms with Crippen molar-refractivity contribution >= 4 is 5.84 Å². The van der Waals surface area contributed by atoms with Crippen molar-refractivity contribution in [3.05, 3.63) is 0 Å². The summed E-state index contributed by atoms with van der Waals surface area (Å²) in [5, 5.41) is 11.3. The van der Waals surface area contributed by atoms with Crippen LogP contribution in [0.25, 0.3) is 0 Å². The maximum atomic E-state index is 8.33. The second-order valence-corrected chi connectivity index (χ2v) is 3.39.